The molecule has 190 valence electrons. The van der Waals surface area contributed by atoms with E-state index in [-0.39, 0.29) is 34.5 Å². The first-order chi connectivity index (χ1) is 17.9. The van der Waals surface area contributed by atoms with Crippen molar-refractivity contribution in [3.05, 3.63) is 88.6 Å². The van der Waals surface area contributed by atoms with Crippen LogP contribution in [0.1, 0.15) is 43.0 Å². The van der Waals surface area contributed by atoms with E-state index in [1.54, 1.807) is 20.0 Å². The Morgan fingerprint density at radius 3 is 2.35 bits per heavy atom. The molecule has 10 heteroatoms. The van der Waals surface area contributed by atoms with Crippen LogP contribution in [0.5, 0.6) is 5.75 Å². The molecular formula is C27H25N3O6S. The second-order valence-corrected chi connectivity index (χ2v) is 8.85. The van der Waals surface area contributed by atoms with Crippen molar-refractivity contribution in [1.82, 2.24) is 9.78 Å². The van der Waals surface area contributed by atoms with E-state index in [0.717, 1.165) is 22.5 Å². The average molecular weight is 520 g/mol. The Balaban J connectivity index is 1.43. The van der Waals surface area contributed by atoms with Crippen LogP contribution in [0.25, 0.3) is 11.1 Å². The van der Waals surface area contributed by atoms with Crippen molar-refractivity contribution >= 4 is 34.2 Å². The number of thiophene rings is 1. The van der Waals surface area contributed by atoms with Crippen LogP contribution in [0.15, 0.2) is 66.9 Å². The molecule has 2 aromatic carbocycles. The van der Waals surface area contributed by atoms with Crippen LogP contribution >= 0.6 is 11.3 Å². The molecule has 4 aromatic rings. The normalized spacial score (nSPS) is 10.6. The van der Waals surface area contributed by atoms with Gasteiger partial charge in [0, 0.05) is 6.20 Å². The Morgan fingerprint density at radius 1 is 0.973 bits per heavy atom. The van der Waals surface area contributed by atoms with Gasteiger partial charge in [-0.2, -0.15) is 5.10 Å². The minimum Gasteiger partial charge on any atom is -0.471 e. The first-order valence-electron chi connectivity index (χ1n) is 11.4. The Kier molecular flexibility index (Phi) is 7.99. The topological polar surface area (TPSA) is 109 Å². The maximum absolute atomic E-state index is 12.9. The zero-order valence-corrected chi connectivity index (χ0v) is 21.3. The number of ether oxygens (including phenoxy) is 3. The van der Waals surface area contributed by atoms with Crippen LogP contribution in [0.2, 0.25) is 0 Å². The second-order valence-electron chi connectivity index (χ2n) is 7.83. The van der Waals surface area contributed by atoms with Gasteiger partial charge in [-0.15, -0.1) is 11.3 Å². The number of hydrogen-bond acceptors (Lipinski definition) is 8. The van der Waals surface area contributed by atoms with Gasteiger partial charge in [-0.25, -0.2) is 14.3 Å². The van der Waals surface area contributed by atoms with Gasteiger partial charge in [0.25, 0.3) is 5.91 Å². The molecule has 0 saturated carbocycles. The Bertz CT molecular complexity index is 1410. The molecule has 0 spiro atoms. The summed E-state index contributed by atoms with van der Waals surface area (Å²) in [6.07, 6.45) is 1.61. The number of nitrogens with one attached hydrogen (secondary N) is 1. The molecule has 0 aliphatic heterocycles. The van der Waals surface area contributed by atoms with Gasteiger partial charge >= 0.3 is 11.9 Å². The largest absolute Gasteiger partial charge is 0.471 e. The number of amides is 1. The Morgan fingerprint density at radius 2 is 1.68 bits per heavy atom. The molecule has 0 bridgehead atoms. The number of carbonyl (C=O) groups excluding carboxylic acids is 3. The van der Waals surface area contributed by atoms with E-state index in [1.807, 2.05) is 54.6 Å². The molecule has 0 aliphatic rings. The maximum Gasteiger partial charge on any atom is 0.348 e. The molecule has 0 radical (unpaired) electrons. The predicted octanol–water partition coefficient (Wildman–Crippen LogP) is 5.17. The van der Waals surface area contributed by atoms with Gasteiger partial charge < -0.3 is 19.5 Å². The highest BCUT2D eigenvalue weighted by molar-refractivity contribution is 7.18. The fourth-order valence-electron chi connectivity index (χ4n) is 3.58. The molecule has 9 nitrogen and oxygen atoms in total. The number of aromatic nitrogens is 2. The summed E-state index contributed by atoms with van der Waals surface area (Å²) >= 11 is 0.948. The Labute approximate surface area is 217 Å². The molecule has 1 N–H and O–H groups in total. The molecule has 0 unspecified atom stereocenters. The highest BCUT2D eigenvalue weighted by atomic mass is 32.1. The van der Waals surface area contributed by atoms with Crippen LogP contribution in [0.3, 0.4) is 0 Å². The fraction of sp³-hybridized carbons (Fsp3) is 0.185. The monoisotopic (exact) mass is 519 g/mol. The summed E-state index contributed by atoms with van der Waals surface area (Å²) in [4.78, 5) is 37.7. The fourth-order valence-corrected chi connectivity index (χ4v) is 4.66. The molecular weight excluding hydrogens is 494 g/mol. The van der Waals surface area contributed by atoms with Crippen molar-refractivity contribution in [3.8, 4) is 16.9 Å². The summed E-state index contributed by atoms with van der Waals surface area (Å²) in [6, 6.07) is 19.2. The van der Waals surface area contributed by atoms with Gasteiger partial charge in [0.2, 0.25) is 0 Å². The number of hydrogen-bond donors (Lipinski definition) is 1. The van der Waals surface area contributed by atoms with Gasteiger partial charge in [0.15, 0.2) is 12.4 Å². The first-order valence-corrected chi connectivity index (χ1v) is 12.2. The molecule has 2 heterocycles. The molecule has 37 heavy (non-hydrogen) atoms. The lowest BCUT2D eigenvalue weighted by molar-refractivity contribution is 0.0531. The second kappa shape index (κ2) is 11.5. The number of benzene rings is 2. The molecule has 0 aliphatic carbocycles. The number of carbonyl (C=O) groups is 3. The van der Waals surface area contributed by atoms with Crippen LogP contribution in [-0.2, 0) is 16.2 Å². The minimum atomic E-state index is -0.670. The van der Waals surface area contributed by atoms with Gasteiger partial charge in [0.05, 0.1) is 19.3 Å². The predicted molar refractivity (Wildman–Crippen MR) is 139 cm³/mol. The molecule has 4 rings (SSSR count). The smallest absolute Gasteiger partial charge is 0.348 e. The van der Waals surface area contributed by atoms with E-state index in [2.05, 4.69) is 10.4 Å². The number of methoxy groups -OCH3 is 1. The van der Waals surface area contributed by atoms with E-state index in [9.17, 15) is 14.4 Å². The van der Waals surface area contributed by atoms with E-state index < -0.39 is 17.8 Å². The molecule has 0 atom stereocenters. The lowest BCUT2D eigenvalue weighted by atomic mass is 10.1. The van der Waals surface area contributed by atoms with Crippen molar-refractivity contribution in [3.63, 3.8) is 0 Å². The Hall–Kier alpha value is -4.44. The molecule has 2 aromatic heterocycles. The van der Waals surface area contributed by atoms with Crippen LogP contribution in [0.4, 0.5) is 5.00 Å². The van der Waals surface area contributed by atoms with Gasteiger partial charge in [-0.3, -0.25) is 4.79 Å². The third kappa shape index (κ3) is 5.87. The zero-order valence-electron chi connectivity index (χ0n) is 20.5. The van der Waals surface area contributed by atoms with Crippen molar-refractivity contribution in [2.75, 3.05) is 19.0 Å². The maximum atomic E-state index is 12.9. The number of anilines is 1. The zero-order chi connectivity index (χ0) is 26.4. The quantitative estimate of drug-likeness (QED) is 0.304. The molecule has 0 fully saturated rings. The van der Waals surface area contributed by atoms with E-state index >= 15 is 0 Å². The van der Waals surface area contributed by atoms with E-state index in [4.69, 9.17) is 14.2 Å². The third-order valence-electron chi connectivity index (χ3n) is 5.42. The van der Waals surface area contributed by atoms with E-state index in [0.29, 0.717) is 11.3 Å². The van der Waals surface area contributed by atoms with Crippen LogP contribution in [0, 0.1) is 6.92 Å². The average Bonchev–Trinajstić information content (AvgIpc) is 3.52. The molecule has 1 amide bonds. The standard InChI is InChI=1S/C27H25N3O6S/c1-4-35-27(33)23-17(2)22(26(32)34-3)25(37-23)28-24(31)21-14-15-30(29-21)16-36-20-12-10-19(11-13-20)18-8-6-5-7-9-18/h5-15H,4,16H2,1-3H3,(H,28,31). The summed E-state index contributed by atoms with van der Waals surface area (Å²) in [5.41, 5.74) is 2.78. The lowest BCUT2D eigenvalue weighted by Gasteiger charge is -2.08. The third-order valence-corrected chi connectivity index (χ3v) is 6.61. The van der Waals surface area contributed by atoms with Crippen molar-refractivity contribution in [1.29, 1.82) is 0 Å². The minimum absolute atomic E-state index is 0.0937. The summed E-state index contributed by atoms with van der Waals surface area (Å²) in [7, 11) is 1.23. The van der Waals surface area contributed by atoms with Gasteiger partial charge in [-0.05, 0) is 48.7 Å². The summed E-state index contributed by atoms with van der Waals surface area (Å²) < 4.78 is 17.2. The summed E-state index contributed by atoms with van der Waals surface area (Å²) in [5.74, 6) is -1.14. The first kappa shape index (κ1) is 25.6. The van der Waals surface area contributed by atoms with Crippen molar-refractivity contribution in [2.45, 2.75) is 20.6 Å². The number of esters is 2. The van der Waals surface area contributed by atoms with Crippen LogP contribution < -0.4 is 10.1 Å². The highest BCUT2D eigenvalue weighted by Crippen LogP contribution is 2.34. The van der Waals surface area contributed by atoms with Gasteiger partial charge in [0.1, 0.15) is 15.6 Å². The highest BCUT2D eigenvalue weighted by Gasteiger charge is 2.27. The molecule has 0 saturated heterocycles. The number of nitrogens with zero attached hydrogens (tertiary/aromatic N) is 2. The van der Waals surface area contributed by atoms with Crippen molar-refractivity contribution in [2.24, 2.45) is 0 Å². The number of rotatable bonds is 9. The van der Waals surface area contributed by atoms with Crippen molar-refractivity contribution < 1.29 is 28.6 Å². The SMILES string of the molecule is CCOC(=O)c1sc(NC(=O)c2ccn(COc3ccc(-c4ccccc4)cc3)n2)c(C(=O)OC)c1C. The summed E-state index contributed by atoms with van der Waals surface area (Å²) in [6.45, 7) is 3.56. The van der Waals surface area contributed by atoms with E-state index in [1.165, 1.54) is 17.9 Å². The van der Waals surface area contributed by atoms with Gasteiger partial charge in [-0.1, -0.05) is 42.5 Å². The van der Waals surface area contributed by atoms with Crippen LogP contribution in [-0.4, -0.2) is 41.3 Å². The summed E-state index contributed by atoms with van der Waals surface area (Å²) in [5, 5.41) is 7.10. The lowest BCUT2D eigenvalue weighted by Crippen LogP contribution is -2.16.